The molecule has 0 aliphatic heterocycles. The highest BCUT2D eigenvalue weighted by Gasteiger charge is 2.26. The predicted octanol–water partition coefficient (Wildman–Crippen LogP) is 2.34. The van der Waals surface area contributed by atoms with E-state index < -0.39 is 0 Å². The lowest BCUT2D eigenvalue weighted by Gasteiger charge is -2.20. The fraction of sp³-hybridized carbons (Fsp3) is 0.571. The van der Waals surface area contributed by atoms with Crippen molar-refractivity contribution in [3.05, 3.63) is 24.3 Å². The van der Waals surface area contributed by atoms with Crippen LogP contribution in [0.15, 0.2) is 18.5 Å². The number of nitrogens with zero attached hydrogens (tertiary/aromatic N) is 3. The summed E-state index contributed by atoms with van der Waals surface area (Å²) in [5.74, 6) is 1.53. The summed E-state index contributed by atoms with van der Waals surface area (Å²) < 4.78 is 2.16. The first-order chi connectivity index (χ1) is 8.77. The van der Waals surface area contributed by atoms with E-state index >= 15 is 0 Å². The van der Waals surface area contributed by atoms with E-state index in [-0.39, 0.29) is 6.04 Å². The Labute approximate surface area is 107 Å². The van der Waals surface area contributed by atoms with Crippen LogP contribution in [0.5, 0.6) is 0 Å². The Morgan fingerprint density at radius 2 is 2.11 bits per heavy atom. The van der Waals surface area contributed by atoms with Crippen molar-refractivity contribution in [1.29, 1.82) is 0 Å². The monoisotopic (exact) mass is 244 g/mol. The fourth-order valence-electron chi connectivity index (χ4n) is 3.04. The number of rotatable bonds is 1. The van der Waals surface area contributed by atoms with Gasteiger partial charge in [-0.15, -0.1) is 0 Å². The van der Waals surface area contributed by atoms with Crippen LogP contribution in [0.4, 0.5) is 0 Å². The summed E-state index contributed by atoms with van der Waals surface area (Å²) in [7, 11) is 2.07. The molecule has 0 amide bonds. The summed E-state index contributed by atoms with van der Waals surface area (Å²) in [6.45, 7) is 0. The minimum atomic E-state index is 0.246. The second-order valence-electron chi connectivity index (χ2n) is 5.30. The van der Waals surface area contributed by atoms with Gasteiger partial charge in [-0.3, -0.25) is 4.98 Å². The topological polar surface area (TPSA) is 56.7 Å². The molecular weight excluding hydrogens is 224 g/mol. The first kappa shape index (κ1) is 11.7. The highest BCUT2D eigenvalue weighted by atomic mass is 15.1. The highest BCUT2D eigenvalue weighted by molar-refractivity contribution is 5.74. The van der Waals surface area contributed by atoms with E-state index in [9.17, 15) is 0 Å². The van der Waals surface area contributed by atoms with Crippen LogP contribution in [0.2, 0.25) is 0 Å². The Balaban J connectivity index is 2.04. The number of imidazole rings is 1. The summed E-state index contributed by atoms with van der Waals surface area (Å²) in [4.78, 5) is 8.95. The summed E-state index contributed by atoms with van der Waals surface area (Å²) in [5, 5.41) is 0. The van der Waals surface area contributed by atoms with Gasteiger partial charge in [-0.25, -0.2) is 4.98 Å². The maximum Gasteiger partial charge on any atom is 0.114 e. The molecule has 2 heterocycles. The number of fused-ring (bicyclic) bond motifs is 1. The van der Waals surface area contributed by atoms with Gasteiger partial charge in [-0.05, 0) is 18.9 Å². The maximum atomic E-state index is 6.33. The van der Waals surface area contributed by atoms with Crippen molar-refractivity contribution in [2.75, 3.05) is 0 Å². The average molecular weight is 244 g/mol. The van der Waals surface area contributed by atoms with Crippen molar-refractivity contribution in [3.63, 3.8) is 0 Å². The molecule has 4 heteroatoms. The molecule has 0 bridgehead atoms. The Kier molecular flexibility index (Phi) is 3.04. The first-order valence-corrected chi connectivity index (χ1v) is 6.79. The van der Waals surface area contributed by atoms with Gasteiger partial charge in [0.05, 0.1) is 17.2 Å². The quantitative estimate of drug-likeness (QED) is 0.783. The lowest BCUT2D eigenvalue weighted by molar-refractivity contribution is 0.474. The van der Waals surface area contributed by atoms with Gasteiger partial charge in [-0.2, -0.15) is 0 Å². The number of hydrogen-bond acceptors (Lipinski definition) is 3. The van der Waals surface area contributed by atoms with Crippen molar-refractivity contribution in [1.82, 2.24) is 14.5 Å². The highest BCUT2D eigenvalue weighted by Crippen LogP contribution is 2.31. The molecule has 2 atom stereocenters. The molecule has 0 radical (unpaired) electrons. The molecule has 0 aromatic carbocycles. The average Bonchev–Trinajstić information content (AvgIpc) is 2.57. The van der Waals surface area contributed by atoms with Crippen molar-refractivity contribution in [2.45, 2.75) is 44.1 Å². The Bertz CT molecular complexity index is 546. The number of hydrogen-bond donors (Lipinski definition) is 1. The van der Waals surface area contributed by atoms with Gasteiger partial charge in [0.1, 0.15) is 5.82 Å². The van der Waals surface area contributed by atoms with Gasteiger partial charge in [0.25, 0.3) is 0 Å². The van der Waals surface area contributed by atoms with E-state index in [1.165, 1.54) is 19.3 Å². The predicted molar refractivity (Wildman–Crippen MR) is 72.3 cm³/mol. The number of nitrogens with two attached hydrogens (primary N) is 1. The van der Waals surface area contributed by atoms with Gasteiger partial charge in [0.15, 0.2) is 0 Å². The fourth-order valence-corrected chi connectivity index (χ4v) is 3.04. The molecule has 0 saturated heterocycles. The molecule has 96 valence electrons. The van der Waals surface area contributed by atoms with E-state index in [0.717, 1.165) is 29.7 Å². The van der Waals surface area contributed by atoms with Gasteiger partial charge >= 0.3 is 0 Å². The molecule has 1 saturated carbocycles. The van der Waals surface area contributed by atoms with Gasteiger partial charge < -0.3 is 10.3 Å². The van der Waals surface area contributed by atoms with E-state index in [4.69, 9.17) is 10.7 Å². The molecule has 2 aromatic heterocycles. The van der Waals surface area contributed by atoms with Gasteiger partial charge in [0, 0.05) is 25.2 Å². The normalized spacial score (nSPS) is 25.2. The Morgan fingerprint density at radius 3 is 2.94 bits per heavy atom. The number of aryl methyl sites for hydroxylation is 1. The van der Waals surface area contributed by atoms with Crippen LogP contribution in [-0.2, 0) is 7.05 Å². The molecule has 3 rings (SSSR count). The summed E-state index contributed by atoms with van der Waals surface area (Å²) in [6, 6.07) is 2.22. The largest absolute Gasteiger partial charge is 0.330 e. The third-order valence-electron chi connectivity index (χ3n) is 4.12. The van der Waals surface area contributed by atoms with Crippen molar-refractivity contribution in [3.8, 4) is 0 Å². The third kappa shape index (κ3) is 1.90. The zero-order valence-corrected chi connectivity index (χ0v) is 10.8. The van der Waals surface area contributed by atoms with Crippen LogP contribution in [0.25, 0.3) is 11.0 Å². The van der Waals surface area contributed by atoms with Crippen molar-refractivity contribution < 1.29 is 0 Å². The lowest BCUT2D eigenvalue weighted by Crippen LogP contribution is -2.29. The maximum absolute atomic E-state index is 6.33. The molecular formula is C14H20N4. The van der Waals surface area contributed by atoms with E-state index in [0.29, 0.717) is 5.92 Å². The molecule has 0 spiro atoms. The van der Waals surface area contributed by atoms with Crippen molar-refractivity contribution >= 4 is 11.0 Å². The molecule has 2 N–H and O–H groups in total. The summed E-state index contributed by atoms with van der Waals surface area (Å²) in [5.41, 5.74) is 8.46. The summed E-state index contributed by atoms with van der Waals surface area (Å²) in [6.07, 6.45) is 9.77. The Hall–Kier alpha value is -1.42. The molecule has 1 aliphatic carbocycles. The minimum Gasteiger partial charge on any atom is -0.330 e. The first-order valence-electron chi connectivity index (χ1n) is 6.79. The molecule has 1 aliphatic rings. The smallest absolute Gasteiger partial charge is 0.114 e. The standard InChI is InChI=1S/C14H20N4/c1-18-13-9-16-8-7-12(13)17-14(18)10-5-3-2-4-6-11(10)15/h7-11H,2-6,15H2,1H3. The van der Waals surface area contributed by atoms with E-state index in [1.807, 2.05) is 12.3 Å². The molecule has 2 unspecified atom stereocenters. The van der Waals surface area contributed by atoms with Crippen LogP contribution in [0, 0.1) is 0 Å². The van der Waals surface area contributed by atoms with Crippen LogP contribution >= 0.6 is 0 Å². The van der Waals surface area contributed by atoms with Crippen LogP contribution in [-0.4, -0.2) is 20.6 Å². The third-order valence-corrected chi connectivity index (χ3v) is 4.12. The Morgan fingerprint density at radius 1 is 1.28 bits per heavy atom. The van der Waals surface area contributed by atoms with Crippen LogP contribution in [0.3, 0.4) is 0 Å². The minimum absolute atomic E-state index is 0.246. The molecule has 1 fully saturated rings. The SMILES string of the molecule is Cn1c(C2CCCCCC2N)nc2ccncc21. The van der Waals surface area contributed by atoms with E-state index in [2.05, 4.69) is 16.6 Å². The van der Waals surface area contributed by atoms with E-state index in [1.54, 1.807) is 6.20 Å². The lowest BCUT2D eigenvalue weighted by atomic mass is 9.95. The second-order valence-corrected chi connectivity index (χ2v) is 5.30. The zero-order chi connectivity index (χ0) is 12.5. The molecule has 18 heavy (non-hydrogen) atoms. The zero-order valence-electron chi connectivity index (χ0n) is 10.8. The summed E-state index contributed by atoms with van der Waals surface area (Å²) >= 11 is 0. The molecule has 4 nitrogen and oxygen atoms in total. The molecule has 2 aromatic rings. The number of aromatic nitrogens is 3. The second kappa shape index (κ2) is 4.69. The number of pyridine rings is 1. The van der Waals surface area contributed by atoms with Gasteiger partial charge in [-0.1, -0.05) is 19.3 Å². The van der Waals surface area contributed by atoms with Crippen LogP contribution in [0.1, 0.15) is 43.8 Å². The van der Waals surface area contributed by atoms with Crippen molar-refractivity contribution in [2.24, 2.45) is 12.8 Å². The van der Waals surface area contributed by atoms with Crippen LogP contribution < -0.4 is 5.73 Å². The van der Waals surface area contributed by atoms with Gasteiger partial charge in [0.2, 0.25) is 0 Å².